The molecule has 4 nitrogen and oxygen atoms in total. The molecule has 2 rings (SSSR count). The summed E-state index contributed by atoms with van der Waals surface area (Å²) < 4.78 is 39.9. The third-order valence-corrected chi connectivity index (χ3v) is 5.18. The molecular formula is C12H15ClFNO3S. The smallest absolute Gasteiger partial charge is 0.240 e. The second kappa shape index (κ2) is 5.75. The van der Waals surface area contributed by atoms with Crippen LogP contribution in [0, 0.1) is 11.7 Å². The number of halogens is 2. The van der Waals surface area contributed by atoms with Crippen LogP contribution >= 0.6 is 11.6 Å². The van der Waals surface area contributed by atoms with Crippen molar-refractivity contribution in [1.82, 2.24) is 4.72 Å². The van der Waals surface area contributed by atoms with E-state index < -0.39 is 15.8 Å². The highest BCUT2D eigenvalue weighted by Gasteiger charge is 2.30. The molecule has 2 N–H and O–H groups in total. The van der Waals surface area contributed by atoms with Crippen molar-refractivity contribution in [3.63, 3.8) is 0 Å². The van der Waals surface area contributed by atoms with Gasteiger partial charge in [-0.15, -0.1) is 0 Å². The maximum Gasteiger partial charge on any atom is 0.240 e. The van der Waals surface area contributed by atoms with Crippen LogP contribution in [0.25, 0.3) is 0 Å². The zero-order valence-corrected chi connectivity index (χ0v) is 11.7. The standard InChI is InChI=1S/C12H15ClFNO3S/c13-10-6-9(4-5-11(10)14)19(17,18)15-12-3-1-2-8(12)7-16/h4-6,8,12,15-16H,1-3,7H2. The minimum atomic E-state index is -3.74. The van der Waals surface area contributed by atoms with Gasteiger partial charge in [0, 0.05) is 12.6 Å². The Hall–Kier alpha value is -0.690. The van der Waals surface area contributed by atoms with Crippen molar-refractivity contribution in [2.75, 3.05) is 6.61 Å². The summed E-state index contributed by atoms with van der Waals surface area (Å²) in [6.07, 6.45) is 2.37. The van der Waals surface area contributed by atoms with E-state index in [2.05, 4.69) is 4.72 Å². The Bertz CT molecular complexity index is 564. The Morgan fingerprint density at radius 2 is 2.16 bits per heavy atom. The number of aliphatic hydroxyl groups is 1. The lowest BCUT2D eigenvalue weighted by Crippen LogP contribution is -2.38. The molecular weight excluding hydrogens is 293 g/mol. The summed E-state index contributed by atoms with van der Waals surface area (Å²) in [5.74, 6) is -0.722. The van der Waals surface area contributed by atoms with Gasteiger partial charge in [0.15, 0.2) is 0 Å². The van der Waals surface area contributed by atoms with Crippen molar-refractivity contribution >= 4 is 21.6 Å². The largest absolute Gasteiger partial charge is 0.396 e. The highest BCUT2D eigenvalue weighted by molar-refractivity contribution is 7.89. The molecule has 0 heterocycles. The summed E-state index contributed by atoms with van der Waals surface area (Å²) in [5, 5.41) is 8.95. The molecule has 0 saturated heterocycles. The molecule has 0 bridgehead atoms. The SMILES string of the molecule is O=S(=O)(NC1CCCC1CO)c1ccc(F)c(Cl)c1. The molecule has 1 aliphatic carbocycles. The van der Waals surface area contributed by atoms with Crippen molar-refractivity contribution in [1.29, 1.82) is 0 Å². The molecule has 1 fully saturated rings. The van der Waals surface area contributed by atoms with E-state index in [1.54, 1.807) is 0 Å². The summed E-state index contributed by atoms with van der Waals surface area (Å²) in [5.41, 5.74) is 0. The fourth-order valence-corrected chi connectivity index (χ4v) is 3.93. The fraction of sp³-hybridized carbons (Fsp3) is 0.500. The molecule has 0 aromatic heterocycles. The van der Waals surface area contributed by atoms with Crippen LogP contribution < -0.4 is 4.72 Å². The molecule has 2 unspecified atom stereocenters. The minimum absolute atomic E-state index is 0.0443. The number of rotatable bonds is 4. The lowest BCUT2D eigenvalue weighted by Gasteiger charge is -2.19. The number of hydrogen-bond donors (Lipinski definition) is 2. The van der Waals surface area contributed by atoms with Crippen molar-refractivity contribution in [2.45, 2.75) is 30.2 Å². The van der Waals surface area contributed by atoms with E-state index >= 15 is 0 Å². The van der Waals surface area contributed by atoms with Gasteiger partial charge in [-0.05, 0) is 37.0 Å². The highest BCUT2D eigenvalue weighted by Crippen LogP contribution is 2.27. The topological polar surface area (TPSA) is 66.4 Å². The van der Waals surface area contributed by atoms with Crippen LogP contribution in [0.1, 0.15) is 19.3 Å². The van der Waals surface area contributed by atoms with Gasteiger partial charge in [-0.25, -0.2) is 17.5 Å². The molecule has 1 aliphatic rings. The van der Waals surface area contributed by atoms with Crippen molar-refractivity contribution < 1.29 is 17.9 Å². The summed E-state index contributed by atoms with van der Waals surface area (Å²) in [4.78, 5) is -0.0671. The summed E-state index contributed by atoms with van der Waals surface area (Å²) in [6, 6.07) is 3.00. The fourth-order valence-electron chi connectivity index (χ4n) is 2.32. The van der Waals surface area contributed by atoms with Gasteiger partial charge in [-0.2, -0.15) is 0 Å². The predicted octanol–water partition coefficient (Wildman–Crippen LogP) is 1.92. The lowest BCUT2D eigenvalue weighted by atomic mass is 10.1. The normalized spacial score (nSPS) is 23.7. The molecule has 1 saturated carbocycles. The van der Waals surface area contributed by atoms with Crippen LogP contribution in [0.5, 0.6) is 0 Å². The van der Waals surface area contributed by atoms with Gasteiger partial charge >= 0.3 is 0 Å². The van der Waals surface area contributed by atoms with Crippen LogP contribution in [-0.2, 0) is 10.0 Å². The zero-order chi connectivity index (χ0) is 14.0. The Balaban J connectivity index is 2.20. The van der Waals surface area contributed by atoms with Gasteiger partial charge in [0.1, 0.15) is 5.82 Å². The van der Waals surface area contributed by atoms with E-state index in [0.717, 1.165) is 25.0 Å². The van der Waals surface area contributed by atoms with Crippen LogP contribution in [0.4, 0.5) is 4.39 Å². The maximum absolute atomic E-state index is 13.0. The predicted molar refractivity (Wildman–Crippen MR) is 69.9 cm³/mol. The highest BCUT2D eigenvalue weighted by atomic mass is 35.5. The van der Waals surface area contributed by atoms with Gasteiger partial charge in [0.25, 0.3) is 0 Å². The maximum atomic E-state index is 13.0. The van der Waals surface area contributed by atoms with E-state index in [1.807, 2.05) is 0 Å². The summed E-state index contributed by atoms with van der Waals surface area (Å²) in [7, 11) is -3.74. The molecule has 0 spiro atoms. The van der Waals surface area contributed by atoms with Crippen LogP contribution in [0.2, 0.25) is 5.02 Å². The molecule has 2 atom stereocenters. The Morgan fingerprint density at radius 1 is 1.42 bits per heavy atom. The first-order valence-electron chi connectivity index (χ1n) is 6.02. The molecule has 0 radical (unpaired) electrons. The van der Waals surface area contributed by atoms with Crippen LogP contribution in [0.3, 0.4) is 0 Å². The Morgan fingerprint density at radius 3 is 2.79 bits per heavy atom. The monoisotopic (exact) mass is 307 g/mol. The van der Waals surface area contributed by atoms with Crippen molar-refractivity contribution in [2.24, 2.45) is 5.92 Å². The van der Waals surface area contributed by atoms with Gasteiger partial charge in [0.2, 0.25) is 10.0 Å². The quantitative estimate of drug-likeness (QED) is 0.893. The minimum Gasteiger partial charge on any atom is -0.396 e. The number of aliphatic hydroxyl groups excluding tert-OH is 1. The zero-order valence-electron chi connectivity index (χ0n) is 10.1. The van der Waals surface area contributed by atoms with Crippen molar-refractivity contribution in [3.05, 3.63) is 29.0 Å². The van der Waals surface area contributed by atoms with Gasteiger partial charge in [0.05, 0.1) is 9.92 Å². The average Bonchev–Trinajstić information content (AvgIpc) is 2.79. The molecule has 0 amide bonds. The third kappa shape index (κ3) is 3.25. The van der Waals surface area contributed by atoms with Crippen molar-refractivity contribution in [3.8, 4) is 0 Å². The molecule has 1 aromatic rings. The second-order valence-corrected chi connectivity index (χ2v) is 6.80. The summed E-state index contributed by atoms with van der Waals surface area (Å²) >= 11 is 5.59. The van der Waals surface area contributed by atoms with Gasteiger partial charge < -0.3 is 5.11 Å². The molecule has 0 aliphatic heterocycles. The second-order valence-electron chi connectivity index (χ2n) is 4.68. The first kappa shape index (κ1) is 14.7. The number of nitrogens with one attached hydrogen (secondary N) is 1. The third-order valence-electron chi connectivity index (χ3n) is 3.40. The lowest BCUT2D eigenvalue weighted by molar-refractivity contribution is 0.213. The molecule has 106 valence electrons. The molecule has 1 aromatic carbocycles. The van der Waals surface area contributed by atoms with Gasteiger partial charge in [-0.1, -0.05) is 18.0 Å². The van der Waals surface area contributed by atoms with Crippen LogP contribution in [-0.4, -0.2) is 26.2 Å². The number of benzene rings is 1. The van der Waals surface area contributed by atoms with E-state index in [-0.39, 0.29) is 28.5 Å². The van der Waals surface area contributed by atoms with Crippen LogP contribution in [0.15, 0.2) is 23.1 Å². The van der Waals surface area contributed by atoms with Gasteiger partial charge in [-0.3, -0.25) is 0 Å². The number of hydrogen-bond acceptors (Lipinski definition) is 3. The Labute approximate surface area is 116 Å². The van der Waals surface area contributed by atoms with E-state index in [4.69, 9.17) is 11.6 Å². The van der Waals surface area contributed by atoms with E-state index in [1.165, 1.54) is 6.07 Å². The molecule has 7 heteroatoms. The summed E-state index contributed by atoms with van der Waals surface area (Å²) in [6.45, 7) is -0.0443. The van der Waals surface area contributed by atoms with E-state index in [0.29, 0.717) is 6.42 Å². The first-order valence-corrected chi connectivity index (χ1v) is 7.88. The molecule has 19 heavy (non-hydrogen) atoms. The first-order chi connectivity index (χ1) is 8.94. The Kier molecular flexibility index (Phi) is 4.45. The van der Waals surface area contributed by atoms with E-state index in [9.17, 15) is 17.9 Å². The average molecular weight is 308 g/mol. The number of sulfonamides is 1.